The van der Waals surface area contributed by atoms with Crippen molar-refractivity contribution in [2.45, 2.75) is 52.1 Å². The predicted molar refractivity (Wildman–Crippen MR) is 53.8 cm³/mol. The molecule has 0 saturated heterocycles. The van der Waals surface area contributed by atoms with E-state index in [-0.39, 0.29) is 12.1 Å². The minimum absolute atomic E-state index is 0.290. The zero-order chi connectivity index (χ0) is 10.4. The number of nitrogens with zero attached hydrogens (tertiary/aromatic N) is 1. The number of hydrogen-bond acceptors (Lipinski definition) is 2. The van der Waals surface area contributed by atoms with Gasteiger partial charge in [0.05, 0.1) is 0 Å². The summed E-state index contributed by atoms with van der Waals surface area (Å²) in [6.45, 7) is 6.11. The third-order valence-corrected chi connectivity index (χ3v) is 2.42. The van der Waals surface area contributed by atoms with E-state index in [9.17, 15) is 4.79 Å². The first-order chi connectivity index (χ1) is 6.00. The van der Waals surface area contributed by atoms with Crippen molar-refractivity contribution < 1.29 is 9.90 Å². The van der Waals surface area contributed by atoms with Crippen LogP contribution in [0.15, 0.2) is 0 Å². The second-order valence-electron chi connectivity index (χ2n) is 3.76. The van der Waals surface area contributed by atoms with Gasteiger partial charge in [-0.3, -0.25) is 9.69 Å². The largest absolute Gasteiger partial charge is 0.480 e. The van der Waals surface area contributed by atoms with Gasteiger partial charge in [0.1, 0.15) is 6.04 Å². The fourth-order valence-electron chi connectivity index (χ4n) is 1.26. The lowest BCUT2D eigenvalue weighted by Crippen LogP contribution is -2.42. The Labute approximate surface area is 80.7 Å². The molecule has 0 amide bonds. The van der Waals surface area contributed by atoms with Crippen LogP contribution in [0.25, 0.3) is 0 Å². The first-order valence-corrected chi connectivity index (χ1v) is 4.95. The van der Waals surface area contributed by atoms with Crippen LogP contribution in [-0.4, -0.2) is 35.1 Å². The van der Waals surface area contributed by atoms with Gasteiger partial charge in [-0.15, -0.1) is 0 Å². The van der Waals surface area contributed by atoms with Gasteiger partial charge in [0, 0.05) is 6.04 Å². The Bertz CT molecular complexity index is 157. The van der Waals surface area contributed by atoms with Crippen LogP contribution in [0.5, 0.6) is 0 Å². The van der Waals surface area contributed by atoms with Crippen molar-refractivity contribution in [1.82, 2.24) is 4.90 Å². The van der Waals surface area contributed by atoms with Gasteiger partial charge in [-0.2, -0.15) is 0 Å². The number of hydrogen-bond donors (Lipinski definition) is 1. The van der Waals surface area contributed by atoms with Crippen LogP contribution < -0.4 is 0 Å². The van der Waals surface area contributed by atoms with Gasteiger partial charge in [-0.1, -0.05) is 19.8 Å². The van der Waals surface area contributed by atoms with Gasteiger partial charge >= 0.3 is 5.97 Å². The topological polar surface area (TPSA) is 40.5 Å². The lowest BCUT2D eigenvalue weighted by atomic mass is 10.1. The van der Waals surface area contributed by atoms with E-state index in [0.29, 0.717) is 0 Å². The molecule has 0 bridgehead atoms. The van der Waals surface area contributed by atoms with Crippen LogP contribution in [0.4, 0.5) is 0 Å². The summed E-state index contributed by atoms with van der Waals surface area (Å²) in [5, 5.41) is 8.98. The summed E-state index contributed by atoms with van der Waals surface area (Å²) in [5.74, 6) is -0.704. The molecule has 1 atom stereocenters. The Balaban J connectivity index is 4.15. The Morgan fingerprint density at radius 3 is 2.31 bits per heavy atom. The van der Waals surface area contributed by atoms with Crippen LogP contribution in [0, 0.1) is 0 Å². The van der Waals surface area contributed by atoms with Crippen LogP contribution in [0.2, 0.25) is 0 Å². The maximum Gasteiger partial charge on any atom is 0.320 e. The van der Waals surface area contributed by atoms with Crippen molar-refractivity contribution >= 4 is 5.97 Å². The summed E-state index contributed by atoms with van der Waals surface area (Å²) >= 11 is 0. The normalized spacial score (nSPS) is 13.7. The molecule has 0 aromatic carbocycles. The maximum atomic E-state index is 10.9. The van der Waals surface area contributed by atoms with Crippen molar-refractivity contribution in [3.05, 3.63) is 0 Å². The number of carboxylic acids is 1. The molecule has 1 unspecified atom stereocenters. The average molecular weight is 187 g/mol. The highest BCUT2D eigenvalue weighted by atomic mass is 16.4. The summed E-state index contributed by atoms with van der Waals surface area (Å²) in [6, 6.07) is -0.0297. The second-order valence-corrected chi connectivity index (χ2v) is 3.76. The summed E-state index contributed by atoms with van der Waals surface area (Å²) in [7, 11) is 1.87. The van der Waals surface area contributed by atoms with Gasteiger partial charge in [0.25, 0.3) is 0 Å². The minimum atomic E-state index is -0.704. The SMILES string of the molecule is CCCCC(C(=O)O)N(C)C(C)C. The minimum Gasteiger partial charge on any atom is -0.480 e. The molecule has 0 aromatic heterocycles. The Kier molecular flexibility index (Phi) is 5.71. The molecular formula is C10H21NO2. The van der Waals surface area contributed by atoms with Crippen molar-refractivity contribution in [2.75, 3.05) is 7.05 Å². The zero-order valence-electron chi connectivity index (χ0n) is 9.08. The molecule has 3 heteroatoms. The average Bonchev–Trinajstić information content (AvgIpc) is 2.04. The molecule has 0 fully saturated rings. The molecule has 1 N–H and O–H groups in total. The number of carbonyl (C=O) groups is 1. The molecule has 0 aliphatic rings. The van der Waals surface area contributed by atoms with Gasteiger partial charge in [0.2, 0.25) is 0 Å². The van der Waals surface area contributed by atoms with Crippen LogP contribution in [-0.2, 0) is 4.79 Å². The van der Waals surface area contributed by atoms with Crippen LogP contribution >= 0.6 is 0 Å². The Morgan fingerprint density at radius 1 is 1.46 bits per heavy atom. The number of carboxylic acid groups (broad SMARTS) is 1. The van der Waals surface area contributed by atoms with Gasteiger partial charge in [-0.25, -0.2) is 0 Å². The molecule has 0 aliphatic carbocycles. The number of rotatable bonds is 6. The summed E-state index contributed by atoms with van der Waals surface area (Å²) in [6.07, 6.45) is 2.78. The van der Waals surface area contributed by atoms with E-state index >= 15 is 0 Å². The number of unbranched alkanes of at least 4 members (excludes halogenated alkanes) is 1. The molecule has 0 aromatic rings. The zero-order valence-corrected chi connectivity index (χ0v) is 9.08. The third-order valence-electron chi connectivity index (χ3n) is 2.42. The van der Waals surface area contributed by atoms with E-state index in [0.717, 1.165) is 19.3 Å². The van der Waals surface area contributed by atoms with Gasteiger partial charge < -0.3 is 5.11 Å². The second kappa shape index (κ2) is 5.97. The fourth-order valence-corrected chi connectivity index (χ4v) is 1.26. The highest BCUT2D eigenvalue weighted by Crippen LogP contribution is 2.10. The maximum absolute atomic E-state index is 10.9. The van der Waals surface area contributed by atoms with Crippen LogP contribution in [0.1, 0.15) is 40.0 Å². The van der Waals surface area contributed by atoms with E-state index in [2.05, 4.69) is 6.92 Å². The highest BCUT2D eigenvalue weighted by molar-refractivity contribution is 5.73. The van der Waals surface area contributed by atoms with Crippen molar-refractivity contribution in [2.24, 2.45) is 0 Å². The molecular weight excluding hydrogens is 166 g/mol. The first-order valence-electron chi connectivity index (χ1n) is 4.95. The van der Waals surface area contributed by atoms with E-state index in [1.807, 2.05) is 25.8 Å². The van der Waals surface area contributed by atoms with Crippen LogP contribution in [0.3, 0.4) is 0 Å². The van der Waals surface area contributed by atoms with Crippen molar-refractivity contribution in [1.29, 1.82) is 0 Å². The first kappa shape index (κ1) is 12.4. The molecule has 0 spiro atoms. The Hall–Kier alpha value is -0.570. The number of likely N-dealkylation sites (N-methyl/N-ethyl adjacent to an activating group) is 1. The summed E-state index contributed by atoms with van der Waals surface area (Å²) in [5.41, 5.74) is 0. The molecule has 0 heterocycles. The van der Waals surface area contributed by atoms with E-state index < -0.39 is 5.97 Å². The monoisotopic (exact) mass is 187 g/mol. The molecule has 13 heavy (non-hydrogen) atoms. The smallest absolute Gasteiger partial charge is 0.320 e. The van der Waals surface area contributed by atoms with E-state index in [1.165, 1.54) is 0 Å². The summed E-state index contributed by atoms with van der Waals surface area (Å²) < 4.78 is 0. The fraction of sp³-hybridized carbons (Fsp3) is 0.900. The van der Waals surface area contributed by atoms with E-state index in [1.54, 1.807) is 0 Å². The molecule has 3 nitrogen and oxygen atoms in total. The standard InChI is InChI=1S/C10H21NO2/c1-5-6-7-9(10(12)13)11(4)8(2)3/h8-9H,5-7H2,1-4H3,(H,12,13). The molecule has 0 radical (unpaired) electrons. The summed E-state index contributed by atoms with van der Waals surface area (Å²) in [4.78, 5) is 12.8. The lowest BCUT2D eigenvalue weighted by Gasteiger charge is -2.28. The Morgan fingerprint density at radius 2 is 2.00 bits per heavy atom. The quantitative estimate of drug-likeness (QED) is 0.691. The number of aliphatic carboxylic acids is 1. The molecule has 0 aliphatic heterocycles. The molecule has 0 saturated carbocycles. The molecule has 0 rings (SSSR count). The van der Waals surface area contributed by atoms with Crippen molar-refractivity contribution in [3.63, 3.8) is 0 Å². The molecule has 78 valence electrons. The van der Waals surface area contributed by atoms with Gasteiger partial charge in [-0.05, 0) is 27.3 Å². The van der Waals surface area contributed by atoms with Gasteiger partial charge in [0.15, 0.2) is 0 Å². The van der Waals surface area contributed by atoms with E-state index in [4.69, 9.17) is 5.11 Å². The lowest BCUT2D eigenvalue weighted by molar-refractivity contribution is -0.143. The van der Waals surface area contributed by atoms with Crippen molar-refractivity contribution in [3.8, 4) is 0 Å². The third kappa shape index (κ3) is 4.27. The predicted octanol–water partition coefficient (Wildman–Crippen LogP) is 1.97. The highest BCUT2D eigenvalue weighted by Gasteiger charge is 2.23.